The quantitative estimate of drug-likeness (QED) is 0.726. The molecule has 0 N–H and O–H groups in total. The first-order valence-corrected chi connectivity index (χ1v) is 5.14. The number of fused-ring (bicyclic) bond motifs is 2. The van der Waals surface area contributed by atoms with Crippen LogP contribution in [0.2, 0.25) is 0 Å². The lowest BCUT2D eigenvalue weighted by Crippen LogP contribution is -2.07. The highest BCUT2D eigenvalue weighted by Crippen LogP contribution is 2.34. The third-order valence-electron chi connectivity index (χ3n) is 2.74. The standard InChI is InChI=1S/C12H10NO3/c1-2-13-4-3-10(14)8-5-11-12(6-9(8)13)16-7-15-11/h4-6H,2,7H2,1H3. The number of ether oxygens (including phenoxy) is 2. The summed E-state index contributed by atoms with van der Waals surface area (Å²) in [7, 11) is 0. The molecular weight excluding hydrogens is 206 g/mol. The molecule has 0 amide bonds. The van der Waals surface area contributed by atoms with Crippen LogP contribution in [0, 0.1) is 6.07 Å². The average molecular weight is 216 g/mol. The number of rotatable bonds is 1. The van der Waals surface area contributed by atoms with Crippen molar-refractivity contribution < 1.29 is 9.47 Å². The topological polar surface area (TPSA) is 40.5 Å². The largest absolute Gasteiger partial charge is 0.454 e. The summed E-state index contributed by atoms with van der Waals surface area (Å²) >= 11 is 0. The zero-order chi connectivity index (χ0) is 11.1. The lowest BCUT2D eigenvalue weighted by Gasteiger charge is -2.08. The number of aryl methyl sites for hydroxylation is 1. The minimum Gasteiger partial charge on any atom is -0.454 e. The summed E-state index contributed by atoms with van der Waals surface area (Å²) in [5.74, 6) is 1.33. The Morgan fingerprint density at radius 1 is 1.38 bits per heavy atom. The van der Waals surface area contributed by atoms with E-state index in [9.17, 15) is 4.79 Å². The van der Waals surface area contributed by atoms with Gasteiger partial charge < -0.3 is 14.0 Å². The van der Waals surface area contributed by atoms with Gasteiger partial charge in [0, 0.05) is 18.8 Å². The maximum absolute atomic E-state index is 11.7. The first-order chi connectivity index (χ1) is 7.79. The van der Waals surface area contributed by atoms with Crippen LogP contribution in [0.25, 0.3) is 10.9 Å². The van der Waals surface area contributed by atoms with Gasteiger partial charge in [0.1, 0.15) is 0 Å². The predicted molar refractivity (Wildman–Crippen MR) is 58.8 cm³/mol. The molecule has 0 bridgehead atoms. The second-order valence-corrected chi connectivity index (χ2v) is 3.61. The zero-order valence-corrected chi connectivity index (χ0v) is 8.82. The number of aromatic nitrogens is 1. The lowest BCUT2D eigenvalue weighted by molar-refractivity contribution is 0.174. The van der Waals surface area contributed by atoms with Crippen LogP contribution in [0.15, 0.2) is 23.1 Å². The minimum absolute atomic E-state index is 0.113. The van der Waals surface area contributed by atoms with Crippen LogP contribution in [0.1, 0.15) is 6.92 Å². The van der Waals surface area contributed by atoms with Gasteiger partial charge in [-0.05, 0) is 13.0 Å². The molecule has 0 atom stereocenters. The molecule has 0 aliphatic carbocycles. The van der Waals surface area contributed by atoms with Crippen LogP contribution in [0.3, 0.4) is 0 Å². The molecule has 1 radical (unpaired) electrons. The van der Waals surface area contributed by atoms with Crippen LogP contribution in [-0.4, -0.2) is 11.4 Å². The van der Waals surface area contributed by atoms with Gasteiger partial charge in [0.15, 0.2) is 16.9 Å². The molecule has 0 saturated heterocycles. The Labute approximate surface area is 92.0 Å². The van der Waals surface area contributed by atoms with Crippen LogP contribution in [0.4, 0.5) is 0 Å². The Kier molecular flexibility index (Phi) is 1.89. The van der Waals surface area contributed by atoms with E-state index in [1.807, 2.05) is 17.6 Å². The molecule has 0 fully saturated rings. The fraction of sp³-hybridized carbons (Fsp3) is 0.250. The van der Waals surface area contributed by atoms with Crippen molar-refractivity contribution >= 4 is 10.9 Å². The average Bonchev–Trinajstić information content (AvgIpc) is 2.75. The molecule has 4 nitrogen and oxygen atoms in total. The van der Waals surface area contributed by atoms with E-state index in [0.29, 0.717) is 16.9 Å². The van der Waals surface area contributed by atoms with E-state index in [1.54, 1.807) is 12.3 Å². The highest BCUT2D eigenvalue weighted by Gasteiger charge is 2.16. The molecule has 3 rings (SSSR count). The van der Waals surface area contributed by atoms with Crippen LogP contribution in [0.5, 0.6) is 11.5 Å². The summed E-state index contributed by atoms with van der Waals surface area (Å²) in [6.07, 6.45) is 1.67. The number of hydrogen-bond donors (Lipinski definition) is 0. The molecule has 4 heteroatoms. The molecule has 1 aliphatic rings. The van der Waals surface area contributed by atoms with Crippen molar-refractivity contribution in [3.05, 3.63) is 34.6 Å². The van der Waals surface area contributed by atoms with Gasteiger partial charge in [0.25, 0.3) is 0 Å². The lowest BCUT2D eigenvalue weighted by atomic mass is 10.2. The van der Waals surface area contributed by atoms with Crippen LogP contribution < -0.4 is 14.9 Å². The first-order valence-electron chi connectivity index (χ1n) is 5.14. The second kappa shape index (κ2) is 3.27. The molecule has 1 aromatic carbocycles. The van der Waals surface area contributed by atoms with E-state index < -0.39 is 0 Å². The van der Waals surface area contributed by atoms with E-state index in [-0.39, 0.29) is 12.2 Å². The van der Waals surface area contributed by atoms with Gasteiger partial charge >= 0.3 is 0 Å². The fourth-order valence-corrected chi connectivity index (χ4v) is 1.90. The van der Waals surface area contributed by atoms with E-state index in [1.165, 1.54) is 0 Å². The molecule has 2 aromatic rings. The molecule has 0 spiro atoms. The van der Waals surface area contributed by atoms with Crippen LogP contribution in [-0.2, 0) is 6.54 Å². The van der Waals surface area contributed by atoms with Crippen molar-refractivity contribution in [1.29, 1.82) is 0 Å². The maximum Gasteiger partial charge on any atom is 0.231 e. The molecule has 2 heterocycles. The van der Waals surface area contributed by atoms with E-state index >= 15 is 0 Å². The zero-order valence-electron chi connectivity index (χ0n) is 8.82. The van der Waals surface area contributed by atoms with Gasteiger partial charge in [-0.15, -0.1) is 0 Å². The Morgan fingerprint density at radius 3 is 2.88 bits per heavy atom. The Bertz CT molecular complexity index is 615. The second-order valence-electron chi connectivity index (χ2n) is 3.61. The third kappa shape index (κ3) is 1.19. The molecule has 1 aliphatic heterocycles. The van der Waals surface area contributed by atoms with Gasteiger partial charge in [-0.3, -0.25) is 4.79 Å². The Morgan fingerprint density at radius 2 is 2.12 bits per heavy atom. The maximum atomic E-state index is 11.7. The van der Waals surface area contributed by atoms with Gasteiger partial charge in [-0.25, -0.2) is 0 Å². The van der Waals surface area contributed by atoms with Crippen molar-refractivity contribution in [1.82, 2.24) is 4.57 Å². The van der Waals surface area contributed by atoms with E-state index in [4.69, 9.17) is 9.47 Å². The van der Waals surface area contributed by atoms with E-state index in [2.05, 4.69) is 6.07 Å². The Hall–Kier alpha value is -1.97. The number of benzene rings is 1. The monoisotopic (exact) mass is 216 g/mol. The summed E-state index contributed by atoms with van der Waals surface area (Å²) in [6, 6.07) is 6.26. The Balaban J connectivity index is 2.42. The van der Waals surface area contributed by atoms with Crippen molar-refractivity contribution in [3.63, 3.8) is 0 Å². The highest BCUT2D eigenvalue weighted by molar-refractivity contribution is 5.83. The van der Waals surface area contributed by atoms with Gasteiger partial charge in [0.05, 0.1) is 17.0 Å². The third-order valence-corrected chi connectivity index (χ3v) is 2.74. The van der Waals surface area contributed by atoms with Gasteiger partial charge in [0.2, 0.25) is 6.79 Å². The van der Waals surface area contributed by atoms with Crippen molar-refractivity contribution in [2.45, 2.75) is 13.5 Å². The van der Waals surface area contributed by atoms with Crippen molar-refractivity contribution in [2.75, 3.05) is 6.79 Å². The summed E-state index contributed by atoms with van der Waals surface area (Å²) in [4.78, 5) is 11.7. The summed E-state index contributed by atoms with van der Waals surface area (Å²) < 4.78 is 12.5. The SMILES string of the molecule is CCn1c[c]c(=O)c2cc3c(cc21)OCO3. The molecule has 16 heavy (non-hydrogen) atoms. The molecule has 81 valence electrons. The number of pyridine rings is 1. The minimum atomic E-state index is -0.113. The van der Waals surface area contributed by atoms with Crippen molar-refractivity contribution in [3.8, 4) is 11.5 Å². The number of hydrogen-bond acceptors (Lipinski definition) is 3. The normalized spacial score (nSPS) is 13.3. The first kappa shape index (κ1) is 9.27. The van der Waals surface area contributed by atoms with Crippen molar-refractivity contribution in [2.24, 2.45) is 0 Å². The van der Waals surface area contributed by atoms with E-state index in [0.717, 1.165) is 12.1 Å². The highest BCUT2D eigenvalue weighted by atomic mass is 16.7. The molecule has 0 unspecified atom stereocenters. The summed E-state index contributed by atoms with van der Waals surface area (Å²) in [6.45, 7) is 3.02. The molecular formula is C12H10NO3. The van der Waals surface area contributed by atoms with Gasteiger partial charge in [-0.1, -0.05) is 0 Å². The fourth-order valence-electron chi connectivity index (χ4n) is 1.90. The predicted octanol–water partition coefficient (Wildman–Crippen LogP) is 1.55. The molecule has 1 aromatic heterocycles. The smallest absolute Gasteiger partial charge is 0.231 e. The van der Waals surface area contributed by atoms with Crippen LogP contribution >= 0.6 is 0 Å². The van der Waals surface area contributed by atoms with Gasteiger partial charge in [-0.2, -0.15) is 0 Å². The molecule has 0 saturated carbocycles. The summed E-state index contributed by atoms with van der Waals surface area (Å²) in [5, 5.41) is 0.619. The number of nitrogens with zero attached hydrogens (tertiary/aromatic N) is 1. The summed E-state index contributed by atoms with van der Waals surface area (Å²) in [5.41, 5.74) is 0.744.